The van der Waals surface area contributed by atoms with E-state index in [0.717, 1.165) is 10.9 Å². The number of amides is 1. The third kappa shape index (κ3) is 3.71. The van der Waals surface area contributed by atoms with E-state index < -0.39 is 12.1 Å². The highest BCUT2D eigenvalue weighted by Gasteiger charge is 2.38. The zero-order valence-corrected chi connectivity index (χ0v) is 15.4. The number of carbonyl (C=O) groups excluding carboxylic acids is 1. The third-order valence-electron chi connectivity index (χ3n) is 4.30. The summed E-state index contributed by atoms with van der Waals surface area (Å²) >= 11 is 0. The molecule has 1 N–H and O–H groups in total. The number of nitrogens with one attached hydrogen (secondary N) is 1. The van der Waals surface area contributed by atoms with Crippen LogP contribution in [-0.2, 0) is 24.6 Å². The SMILES string of the molecule is Cc1cn(CC(=O)Nc2ccn(C)n2)c2cc(-c3noc(C(F)(F)F)n3)ccc12. The van der Waals surface area contributed by atoms with Crippen LogP contribution in [0.1, 0.15) is 11.5 Å². The van der Waals surface area contributed by atoms with Gasteiger partial charge in [0.25, 0.3) is 0 Å². The number of benzene rings is 1. The number of anilines is 1. The molecule has 8 nitrogen and oxygen atoms in total. The molecule has 1 aromatic carbocycles. The van der Waals surface area contributed by atoms with E-state index >= 15 is 0 Å². The Bertz CT molecular complexity index is 1200. The summed E-state index contributed by atoms with van der Waals surface area (Å²) in [5, 5.41) is 11.1. The number of halogens is 3. The number of fused-ring (bicyclic) bond motifs is 1. The van der Waals surface area contributed by atoms with Crippen molar-refractivity contribution in [2.45, 2.75) is 19.6 Å². The van der Waals surface area contributed by atoms with Crippen LogP contribution in [0.25, 0.3) is 22.3 Å². The smallest absolute Gasteiger partial charge is 0.338 e. The lowest BCUT2D eigenvalue weighted by molar-refractivity contribution is -0.159. The number of hydrogen-bond acceptors (Lipinski definition) is 5. The molecule has 0 radical (unpaired) electrons. The summed E-state index contributed by atoms with van der Waals surface area (Å²) in [6.07, 6.45) is -1.21. The van der Waals surface area contributed by atoms with Gasteiger partial charge in [-0.05, 0) is 18.6 Å². The van der Waals surface area contributed by atoms with Crippen molar-refractivity contribution in [3.63, 3.8) is 0 Å². The van der Waals surface area contributed by atoms with E-state index in [0.29, 0.717) is 16.9 Å². The molecule has 0 bridgehead atoms. The second-order valence-corrected chi connectivity index (χ2v) is 6.52. The van der Waals surface area contributed by atoms with E-state index in [1.807, 2.05) is 6.92 Å². The molecule has 0 aliphatic rings. The lowest BCUT2D eigenvalue weighted by atomic mass is 10.1. The molecular weight excluding hydrogens is 389 g/mol. The maximum Gasteiger partial charge on any atom is 0.471 e. The van der Waals surface area contributed by atoms with Gasteiger partial charge >= 0.3 is 12.1 Å². The van der Waals surface area contributed by atoms with E-state index in [9.17, 15) is 18.0 Å². The Hall–Kier alpha value is -3.63. The van der Waals surface area contributed by atoms with Crippen LogP contribution in [0.15, 0.2) is 41.2 Å². The lowest BCUT2D eigenvalue weighted by Crippen LogP contribution is -2.18. The molecule has 150 valence electrons. The van der Waals surface area contributed by atoms with Crippen LogP contribution in [0.4, 0.5) is 19.0 Å². The Morgan fingerprint density at radius 1 is 1.28 bits per heavy atom. The van der Waals surface area contributed by atoms with Gasteiger partial charge in [0.15, 0.2) is 5.82 Å². The van der Waals surface area contributed by atoms with E-state index in [2.05, 4.69) is 25.1 Å². The minimum Gasteiger partial charge on any atom is -0.338 e. The van der Waals surface area contributed by atoms with Crippen LogP contribution in [0, 0.1) is 6.92 Å². The number of aryl methyl sites for hydroxylation is 2. The maximum atomic E-state index is 12.7. The largest absolute Gasteiger partial charge is 0.471 e. The van der Waals surface area contributed by atoms with Gasteiger partial charge in [-0.1, -0.05) is 17.3 Å². The van der Waals surface area contributed by atoms with Gasteiger partial charge in [0.2, 0.25) is 11.7 Å². The molecule has 0 aliphatic carbocycles. The summed E-state index contributed by atoms with van der Waals surface area (Å²) in [4.78, 5) is 15.8. The number of nitrogens with zero attached hydrogens (tertiary/aromatic N) is 5. The van der Waals surface area contributed by atoms with Gasteiger partial charge in [0.1, 0.15) is 6.54 Å². The van der Waals surface area contributed by atoms with E-state index in [1.165, 1.54) is 0 Å². The number of carbonyl (C=O) groups is 1. The fourth-order valence-electron chi connectivity index (χ4n) is 3.02. The minimum atomic E-state index is -4.71. The van der Waals surface area contributed by atoms with E-state index in [4.69, 9.17) is 0 Å². The van der Waals surface area contributed by atoms with Crippen molar-refractivity contribution in [3.05, 3.63) is 48.1 Å². The van der Waals surface area contributed by atoms with Crippen LogP contribution < -0.4 is 5.32 Å². The average molecular weight is 404 g/mol. The predicted octanol–water partition coefficient (Wildman–Crippen LogP) is 3.39. The molecule has 4 rings (SSSR count). The molecule has 11 heteroatoms. The Labute approximate surface area is 161 Å². The summed E-state index contributed by atoms with van der Waals surface area (Å²) in [5.41, 5.74) is 1.93. The first-order chi connectivity index (χ1) is 13.7. The highest BCUT2D eigenvalue weighted by atomic mass is 19.4. The van der Waals surface area contributed by atoms with Gasteiger partial charge in [-0.3, -0.25) is 9.48 Å². The highest BCUT2D eigenvalue weighted by molar-refractivity contribution is 5.92. The summed E-state index contributed by atoms with van der Waals surface area (Å²) in [5.74, 6) is -1.45. The Balaban J connectivity index is 1.64. The van der Waals surface area contributed by atoms with E-state index in [-0.39, 0.29) is 18.3 Å². The first-order valence-corrected chi connectivity index (χ1v) is 8.51. The summed E-state index contributed by atoms with van der Waals surface area (Å²) in [6.45, 7) is 1.88. The highest BCUT2D eigenvalue weighted by Crippen LogP contribution is 2.31. The quantitative estimate of drug-likeness (QED) is 0.563. The van der Waals surface area contributed by atoms with E-state index in [1.54, 1.807) is 53.0 Å². The molecule has 3 aromatic heterocycles. The van der Waals surface area contributed by atoms with Gasteiger partial charge in [-0.15, -0.1) is 0 Å². The van der Waals surface area contributed by atoms with Crippen molar-refractivity contribution in [3.8, 4) is 11.4 Å². The molecular formula is C18H15F3N6O2. The molecule has 0 unspecified atom stereocenters. The Kier molecular flexibility index (Phi) is 4.36. The van der Waals surface area contributed by atoms with Crippen molar-refractivity contribution in [2.24, 2.45) is 7.05 Å². The molecule has 0 saturated heterocycles. The molecule has 0 aliphatic heterocycles. The van der Waals surface area contributed by atoms with Crippen molar-refractivity contribution in [1.82, 2.24) is 24.5 Å². The Morgan fingerprint density at radius 3 is 2.72 bits per heavy atom. The minimum absolute atomic E-state index is 0.00438. The molecule has 0 spiro atoms. The lowest BCUT2D eigenvalue weighted by Gasteiger charge is -2.06. The second kappa shape index (κ2) is 6.76. The van der Waals surface area contributed by atoms with Crippen LogP contribution in [-0.4, -0.2) is 30.4 Å². The molecule has 0 atom stereocenters. The van der Waals surface area contributed by atoms with Crippen LogP contribution >= 0.6 is 0 Å². The fourth-order valence-corrected chi connectivity index (χ4v) is 3.02. The first-order valence-electron chi connectivity index (χ1n) is 8.51. The fraction of sp³-hybridized carbons (Fsp3) is 0.222. The molecule has 1 amide bonds. The number of aromatic nitrogens is 5. The van der Waals surface area contributed by atoms with Crippen molar-refractivity contribution < 1.29 is 22.5 Å². The molecule has 0 saturated carbocycles. The van der Waals surface area contributed by atoms with Gasteiger partial charge in [0, 0.05) is 42.0 Å². The van der Waals surface area contributed by atoms with Crippen molar-refractivity contribution >= 4 is 22.6 Å². The predicted molar refractivity (Wildman–Crippen MR) is 96.8 cm³/mol. The normalized spacial score (nSPS) is 11.9. The van der Waals surface area contributed by atoms with Gasteiger partial charge in [0.05, 0.1) is 0 Å². The molecule has 0 fully saturated rings. The van der Waals surface area contributed by atoms with Gasteiger partial charge in [-0.2, -0.15) is 23.3 Å². The summed E-state index contributed by atoms with van der Waals surface area (Å²) in [6, 6.07) is 6.65. The topological polar surface area (TPSA) is 90.8 Å². The number of rotatable bonds is 4. The van der Waals surface area contributed by atoms with Crippen molar-refractivity contribution in [1.29, 1.82) is 0 Å². The standard InChI is InChI=1S/C18H15F3N6O2/c1-10-8-27(9-15(28)22-14-5-6-26(2)24-14)13-7-11(3-4-12(10)13)16-23-17(29-25-16)18(19,20)21/h3-8H,9H2,1-2H3,(H,22,24,28). The van der Waals surface area contributed by atoms with Crippen LogP contribution in [0.5, 0.6) is 0 Å². The van der Waals surface area contributed by atoms with Gasteiger partial charge < -0.3 is 14.4 Å². The van der Waals surface area contributed by atoms with Crippen molar-refractivity contribution in [2.75, 3.05) is 5.32 Å². The molecule has 29 heavy (non-hydrogen) atoms. The summed E-state index contributed by atoms with van der Waals surface area (Å²) in [7, 11) is 1.74. The van der Waals surface area contributed by atoms with Crippen LogP contribution in [0.3, 0.4) is 0 Å². The summed E-state index contributed by atoms with van der Waals surface area (Å²) < 4.78 is 45.7. The molecule has 4 aromatic rings. The number of alkyl halides is 3. The molecule has 3 heterocycles. The zero-order valence-electron chi connectivity index (χ0n) is 15.4. The monoisotopic (exact) mass is 404 g/mol. The third-order valence-corrected chi connectivity index (χ3v) is 4.30. The Morgan fingerprint density at radius 2 is 2.07 bits per heavy atom. The first kappa shape index (κ1) is 18.7. The van der Waals surface area contributed by atoms with Crippen LogP contribution in [0.2, 0.25) is 0 Å². The zero-order chi connectivity index (χ0) is 20.8. The second-order valence-electron chi connectivity index (χ2n) is 6.52. The average Bonchev–Trinajstić information content (AvgIpc) is 3.35. The maximum absolute atomic E-state index is 12.7. The number of hydrogen-bond donors (Lipinski definition) is 1. The van der Waals surface area contributed by atoms with Gasteiger partial charge in [-0.25, -0.2) is 0 Å².